The first kappa shape index (κ1) is 16.8. The SMILES string of the molecule is CN.[Cs+].[H-].[I][Pb][I]. The summed E-state index contributed by atoms with van der Waals surface area (Å²) in [6.07, 6.45) is 0. The van der Waals surface area contributed by atoms with E-state index in [1.165, 1.54) is 7.05 Å². The molecule has 2 radical (unpaired) electrons. The molecule has 0 rings (SSSR count). The van der Waals surface area contributed by atoms with Crippen molar-refractivity contribution >= 4 is 51.2 Å². The van der Waals surface area contributed by atoms with Gasteiger partial charge in [0.05, 0.1) is 0 Å². The van der Waals surface area contributed by atoms with E-state index in [4.69, 9.17) is 0 Å². The molecule has 0 aromatic carbocycles. The molecule has 0 aromatic rings. The Morgan fingerprint density at radius 2 is 1.50 bits per heavy atom. The number of hydrogen-bond acceptors (Lipinski definition) is 1. The van der Waals surface area contributed by atoms with Crippen molar-refractivity contribution in [3.63, 3.8) is 0 Å². The minimum atomic E-state index is 0. The van der Waals surface area contributed by atoms with Gasteiger partial charge in [-0.25, -0.2) is 0 Å². The molecule has 0 unspecified atom stereocenters. The van der Waals surface area contributed by atoms with Crippen LogP contribution in [0.1, 0.15) is 1.43 Å². The maximum atomic E-state index is 4.50. The van der Waals surface area contributed by atoms with E-state index >= 15 is 0 Å². The summed E-state index contributed by atoms with van der Waals surface area (Å²) in [4.78, 5) is 0. The van der Waals surface area contributed by atoms with Crippen molar-refractivity contribution in [3.8, 4) is 0 Å². The van der Waals surface area contributed by atoms with E-state index in [2.05, 4.69) is 41.3 Å². The second-order valence-corrected chi connectivity index (χ2v) is 28.2. The zero-order valence-corrected chi connectivity index (χ0v) is 18.3. The van der Waals surface area contributed by atoms with E-state index in [0.717, 1.165) is 0 Å². The number of nitrogens with two attached hydrogens (primary N) is 1. The van der Waals surface area contributed by atoms with Crippen molar-refractivity contribution in [3.05, 3.63) is 0 Å². The van der Waals surface area contributed by atoms with Crippen LogP contribution in [0.5, 0.6) is 0 Å². The van der Waals surface area contributed by atoms with Gasteiger partial charge in [-0.2, -0.15) is 0 Å². The Morgan fingerprint density at radius 3 is 1.50 bits per heavy atom. The molecule has 0 fully saturated rings. The third-order valence-corrected chi connectivity index (χ3v) is 0. The first-order valence-electron chi connectivity index (χ1n) is 0.955. The molecule has 0 aliphatic carbocycles. The minimum absolute atomic E-state index is 0. The maximum absolute atomic E-state index is 4.50. The van der Waals surface area contributed by atoms with Crippen LogP contribution in [0, 0.1) is 0 Å². The van der Waals surface area contributed by atoms with E-state index in [1.54, 1.807) is 0 Å². The third-order valence-electron chi connectivity index (χ3n) is 0. The Bertz CT molecular complexity index is 17.7. The molecule has 0 bridgehead atoms. The predicted molar refractivity (Wildman–Crippen MR) is 45.0 cm³/mol. The van der Waals surface area contributed by atoms with Crippen LogP contribution in [0.25, 0.3) is 0 Å². The zero-order valence-electron chi connectivity index (χ0n) is 4.83. The van der Waals surface area contributed by atoms with Crippen LogP contribution in [-0.2, 0) is 0 Å². The average Bonchev–Trinajstić information content (AvgIpc) is 1.46. The van der Waals surface area contributed by atoms with Crippen LogP contribution >= 0.6 is 35.5 Å². The van der Waals surface area contributed by atoms with Crippen LogP contribution in [0.3, 0.4) is 0 Å². The molecule has 34 valence electrons. The molecule has 0 aliphatic heterocycles. The molecular weight excluding hydrogens is 620 g/mol. The van der Waals surface area contributed by atoms with Crippen LogP contribution in [0.15, 0.2) is 0 Å². The van der Waals surface area contributed by atoms with Gasteiger partial charge in [-0.15, -0.1) is 0 Å². The number of rotatable bonds is 0. The van der Waals surface area contributed by atoms with E-state index in [-0.39, 0.29) is 86.0 Å². The van der Waals surface area contributed by atoms with Gasteiger partial charge >= 0.3 is 120 Å². The topological polar surface area (TPSA) is 26.0 Å². The second-order valence-electron chi connectivity index (χ2n) is 0.0714. The second kappa shape index (κ2) is 22.7. The summed E-state index contributed by atoms with van der Waals surface area (Å²) in [5.41, 5.74) is 4.50. The van der Waals surface area contributed by atoms with Gasteiger partial charge in [-0.3, -0.25) is 0 Å². The number of halogens is 2. The molecule has 0 spiro atoms. The van der Waals surface area contributed by atoms with Crippen LogP contribution in [0.4, 0.5) is 0 Å². The van der Waals surface area contributed by atoms with Crippen molar-refractivity contribution in [2.45, 2.75) is 0 Å². The van der Waals surface area contributed by atoms with Crippen LogP contribution in [0.2, 0.25) is 0 Å². The van der Waals surface area contributed by atoms with E-state index in [0.29, 0.717) is 0 Å². The van der Waals surface area contributed by atoms with E-state index in [9.17, 15) is 0 Å². The summed E-state index contributed by atoms with van der Waals surface area (Å²) >= 11 is 4.96. The van der Waals surface area contributed by atoms with E-state index in [1.807, 2.05) is 0 Å². The molecule has 0 aliphatic rings. The summed E-state index contributed by atoms with van der Waals surface area (Å²) < 4.78 is 0. The molecule has 0 atom stereocenters. The van der Waals surface area contributed by atoms with Crippen molar-refractivity contribution in [2.75, 3.05) is 7.05 Å². The van der Waals surface area contributed by atoms with Crippen LogP contribution < -0.4 is 74.6 Å². The van der Waals surface area contributed by atoms with Crippen molar-refractivity contribution in [1.82, 2.24) is 0 Å². The molecule has 2 N–H and O–H groups in total. The Morgan fingerprint density at radius 1 is 1.50 bits per heavy atom. The zero-order chi connectivity index (χ0) is 4.71. The Kier molecular flexibility index (Phi) is 63.6. The Hall–Kier alpha value is 4.39. The van der Waals surface area contributed by atoms with E-state index < -0.39 is 0 Å². The quantitative estimate of drug-likeness (QED) is 0.247. The summed E-state index contributed by atoms with van der Waals surface area (Å²) in [6.45, 7) is 0. The monoisotopic (exact) mass is 627 g/mol. The third kappa shape index (κ3) is 23.8. The molecule has 1 nitrogen and oxygen atoms in total. The summed E-state index contributed by atoms with van der Waals surface area (Å²) in [5.74, 6) is 0. The van der Waals surface area contributed by atoms with Gasteiger partial charge < -0.3 is 7.16 Å². The molecule has 6 heavy (non-hydrogen) atoms. The van der Waals surface area contributed by atoms with Crippen molar-refractivity contribution in [2.24, 2.45) is 5.73 Å². The summed E-state index contributed by atoms with van der Waals surface area (Å²) in [7, 11) is 1.50. The summed E-state index contributed by atoms with van der Waals surface area (Å²) in [5, 5.41) is 0. The van der Waals surface area contributed by atoms with Crippen molar-refractivity contribution in [1.29, 1.82) is 0 Å². The first-order valence-corrected chi connectivity index (χ1v) is 22.8. The fourth-order valence-electron chi connectivity index (χ4n) is 0. The molecule has 0 amide bonds. The van der Waals surface area contributed by atoms with Gasteiger partial charge in [-0.1, -0.05) is 0 Å². The standard InChI is InChI=1S/CH5N.Cs.2HI.Pb.H/c1-2;;;;;/h2H2,1H3;;2*1H;;/q;+1;;;+2;-1/p-2. The Balaban J connectivity index is -0.0000000105. The van der Waals surface area contributed by atoms with Gasteiger partial charge in [-0.05, 0) is 7.05 Å². The van der Waals surface area contributed by atoms with Gasteiger partial charge in [0.1, 0.15) is 0 Å². The van der Waals surface area contributed by atoms with Gasteiger partial charge in [0.25, 0.3) is 0 Å². The normalized spacial score (nSPS) is 4.00. The van der Waals surface area contributed by atoms with Crippen molar-refractivity contribution < 1.29 is 70.3 Å². The van der Waals surface area contributed by atoms with Gasteiger partial charge in [0.2, 0.25) is 0 Å². The predicted octanol–water partition coefficient (Wildman–Crippen LogP) is -1.92. The molecule has 0 heterocycles. The first-order chi connectivity index (χ1) is 2.41. The van der Waals surface area contributed by atoms with Crippen LogP contribution in [-0.4, -0.2) is 22.7 Å². The molecule has 5 heteroatoms. The molecular formula is CH6CsI2NPb. The fourth-order valence-corrected chi connectivity index (χ4v) is 0. The molecule has 0 aromatic heterocycles. The number of hydrogen-bond donors (Lipinski definition) is 1. The molecule has 0 saturated heterocycles. The molecule has 0 saturated carbocycles. The summed E-state index contributed by atoms with van der Waals surface area (Å²) in [6, 6.07) is 0. The van der Waals surface area contributed by atoms with Gasteiger partial charge in [0.15, 0.2) is 0 Å². The Labute approximate surface area is 129 Å². The fraction of sp³-hybridized carbons (Fsp3) is 1.00. The van der Waals surface area contributed by atoms with Gasteiger partial charge in [0, 0.05) is 0 Å². The average molecular weight is 626 g/mol.